The molecule has 2 fully saturated rings. The first-order valence-corrected chi connectivity index (χ1v) is 13.3. The fraction of sp³-hybridized carbons (Fsp3) is 0.345. The SMILES string of the molecule is NC=CC=NC1CCN(Cc2ccc(CNc3cccc4c3C(=O)N(C3CCC(=O)NC3=O)C4=O)cc2F)CC1. The van der Waals surface area contributed by atoms with Crippen LogP contribution in [0.5, 0.6) is 0 Å². The van der Waals surface area contributed by atoms with Gasteiger partial charge in [0, 0.05) is 50.1 Å². The molecule has 1 atom stereocenters. The molecule has 0 saturated carbocycles. The van der Waals surface area contributed by atoms with Crippen LogP contribution in [0, 0.1) is 5.82 Å². The van der Waals surface area contributed by atoms with Crippen molar-refractivity contribution in [2.24, 2.45) is 10.7 Å². The Hall–Kier alpha value is -4.38. The van der Waals surface area contributed by atoms with Crippen molar-refractivity contribution in [1.82, 2.24) is 15.1 Å². The maximum absolute atomic E-state index is 15.0. The molecule has 4 amide bonds. The van der Waals surface area contributed by atoms with Crippen molar-refractivity contribution in [2.75, 3.05) is 18.4 Å². The van der Waals surface area contributed by atoms with Crippen LogP contribution in [0.25, 0.3) is 0 Å². The number of allylic oxidation sites excluding steroid dienone is 1. The highest BCUT2D eigenvalue weighted by Gasteiger charge is 2.45. The summed E-state index contributed by atoms with van der Waals surface area (Å²) in [6, 6.07) is 9.16. The van der Waals surface area contributed by atoms with Crippen LogP contribution >= 0.6 is 0 Å². The van der Waals surface area contributed by atoms with Crippen LogP contribution in [0.3, 0.4) is 0 Å². The van der Waals surface area contributed by atoms with Gasteiger partial charge in [0.2, 0.25) is 11.8 Å². The summed E-state index contributed by atoms with van der Waals surface area (Å²) in [6.07, 6.45) is 6.82. The van der Waals surface area contributed by atoms with Gasteiger partial charge in [-0.25, -0.2) is 4.39 Å². The first-order valence-electron chi connectivity index (χ1n) is 13.3. The molecule has 0 aliphatic carbocycles. The summed E-state index contributed by atoms with van der Waals surface area (Å²) >= 11 is 0. The number of nitrogens with zero attached hydrogens (tertiary/aromatic N) is 3. The molecule has 11 heteroatoms. The van der Waals surface area contributed by atoms with Gasteiger partial charge in [-0.15, -0.1) is 0 Å². The average Bonchev–Trinajstić information content (AvgIpc) is 3.20. The van der Waals surface area contributed by atoms with E-state index in [1.807, 2.05) is 6.07 Å². The molecule has 0 radical (unpaired) electrons. The van der Waals surface area contributed by atoms with Gasteiger partial charge in [0.05, 0.1) is 17.2 Å². The highest BCUT2D eigenvalue weighted by Crippen LogP contribution is 2.32. The molecule has 4 N–H and O–H groups in total. The number of anilines is 1. The van der Waals surface area contributed by atoms with Crippen LogP contribution in [0.1, 0.15) is 57.5 Å². The quantitative estimate of drug-likeness (QED) is 0.341. The van der Waals surface area contributed by atoms with Gasteiger partial charge in [0.15, 0.2) is 0 Å². The lowest BCUT2D eigenvalue weighted by Crippen LogP contribution is -2.54. The summed E-state index contributed by atoms with van der Waals surface area (Å²) < 4.78 is 15.0. The third-order valence-corrected chi connectivity index (χ3v) is 7.51. The maximum atomic E-state index is 15.0. The second kappa shape index (κ2) is 11.8. The second-order valence-corrected chi connectivity index (χ2v) is 10.1. The second-order valence-electron chi connectivity index (χ2n) is 10.1. The van der Waals surface area contributed by atoms with Gasteiger partial charge < -0.3 is 11.1 Å². The highest BCUT2D eigenvalue weighted by atomic mass is 19.1. The predicted molar refractivity (Wildman–Crippen MR) is 147 cm³/mol. The minimum absolute atomic E-state index is 0.0519. The number of piperidine rings is 2. The number of hydrogen-bond donors (Lipinski definition) is 3. The molecule has 0 spiro atoms. The maximum Gasteiger partial charge on any atom is 0.264 e. The molecule has 0 aromatic heterocycles. The number of nitrogens with two attached hydrogens (primary N) is 1. The lowest BCUT2D eigenvalue weighted by atomic mass is 10.0. The molecule has 2 aromatic rings. The van der Waals surface area contributed by atoms with Gasteiger partial charge in [0.25, 0.3) is 11.8 Å². The molecule has 2 saturated heterocycles. The van der Waals surface area contributed by atoms with Crippen LogP contribution in [-0.2, 0) is 22.7 Å². The Morgan fingerprint density at radius 3 is 2.60 bits per heavy atom. The van der Waals surface area contributed by atoms with Gasteiger partial charge in [-0.2, -0.15) is 0 Å². The number of likely N-dealkylation sites (tertiary alicyclic amines) is 1. The first-order chi connectivity index (χ1) is 19.4. The Labute approximate surface area is 231 Å². The standard InChI is InChI=1S/C29H31FN6O4/c30-22-15-18(5-6-19(22)17-35-13-9-20(10-14-35)32-12-2-11-31)16-33-23-4-1-3-21-26(23)29(40)36(28(21)39)24-7-8-25(37)34-27(24)38/h1-6,11-12,15,20,24,33H,7-10,13-14,16-17,31H2,(H,34,37,38). The van der Waals surface area contributed by atoms with Gasteiger partial charge in [-0.3, -0.25) is 39.3 Å². The molecule has 10 nitrogen and oxygen atoms in total. The monoisotopic (exact) mass is 546 g/mol. The fourth-order valence-corrected chi connectivity index (χ4v) is 5.38. The van der Waals surface area contributed by atoms with Crippen molar-refractivity contribution in [2.45, 2.75) is 50.9 Å². The molecule has 5 rings (SSSR count). The number of carbonyl (C=O) groups excluding carboxylic acids is 4. The summed E-state index contributed by atoms with van der Waals surface area (Å²) in [5.74, 6) is -2.55. The van der Waals surface area contributed by atoms with Crippen molar-refractivity contribution < 1.29 is 23.6 Å². The van der Waals surface area contributed by atoms with Gasteiger partial charge >= 0.3 is 0 Å². The number of halogens is 1. The smallest absolute Gasteiger partial charge is 0.264 e. The number of nitrogens with one attached hydrogen (secondary N) is 2. The van der Waals surface area contributed by atoms with Gasteiger partial charge in [-0.1, -0.05) is 18.2 Å². The van der Waals surface area contributed by atoms with Gasteiger partial charge in [-0.05, 0) is 55.3 Å². The average molecular weight is 547 g/mol. The van der Waals surface area contributed by atoms with Crippen molar-refractivity contribution in [1.29, 1.82) is 0 Å². The third-order valence-electron chi connectivity index (χ3n) is 7.51. The summed E-state index contributed by atoms with van der Waals surface area (Å²) in [4.78, 5) is 57.8. The van der Waals surface area contributed by atoms with Crippen molar-refractivity contribution in [3.05, 3.63) is 76.7 Å². The van der Waals surface area contributed by atoms with Crippen LogP contribution < -0.4 is 16.4 Å². The van der Waals surface area contributed by atoms with E-state index in [1.54, 1.807) is 30.5 Å². The number of hydrogen-bond acceptors (Lipinski definition) is 8. The Bertz CT molecular complexity index is 1400. The molecule has 3 aliphatic rings. The summed E-state index contributed by atoms with van der Waals surface area (Å²) in [7, 11) is 0. The van der Waals surface area contributed by atoms with E-state index in [1.165, 1.54) is 18.3 Å². The highest BCUT2D eigenvalue weighted by molar-refractivity contribution is 6.25. The number of imide groups is 2. The molecule has 3 heterocycles. The fourth-order valence-electron chi connectivity index (χ4n) is 5.38. The van der Waals surface area contributed by atoms with Crippen molar-refractivity contribution in [3.8, 4) is 0 Å². The Morgan fingerprint density at radius 1 is 1.07 bits per heavy atom. The molecule has 40 heavy (non-hydrogen) atoms. The summed E-state index contributed by atoms with van der Waals surface area (Å²) in [5, 5.41) is 5.34. The number of rotatable bonds is 8. The van der Waals surface area contributed by atoms with E-state index >= 15 is 4.39 Å². The number of aliphatic imine (C=N–C) groups is 1. The van der Waals surface area contributed by atoms with E-state index in [0.29, 0.717) is 23.4 Å². The number of amides is 4. The molecule has 1 unspecified atom stereocenters. The number of benzene rings is 2. The van der Waals surface area contributed by atoms with Crippen LogP contribution in [0.15, 0.2) is 53.7 Å². The minimum atomic E-state index is -1.04. The van der Waals surface area contributed by atoms with E-state index < -0.39 is 29.7 Å². The van der Waals surface area contributed by atoms with E-state index in [4.69, 9.17) is 5.73 Å². The third kappa shape index (κ3) is 5.64. The zero-order valence-electron chi connectivity index (χ0n) is 21.9. The largest absolute Gasteiger partial charge is 0.405 e. The van der Waals surface area contributed by atoms with E-state index in [0.717, 1.165) is 30.8 Å². The molecular formula is C29H31FN6O4. The minimum Gasteiger partial charge on any atom is -0.405 e. The summed E-state index contributed by atoms with van der Waals surface area (Å²) in [5.41, 5.74) is 7.39. The van der Waals surface area contributed by atoms with Crippen LogP contribution in [0.2, 0.25) is 0 Å². The zero-order chi connectivity index (χ0) is 28.2. The Kier molecular flexibility index (Phi) is 8.01. The summed E-state index contributed by atoms with van der Waals surface area (Å²) in [6.45, 7) is 2.41. The van der Waals surface area contributed by atoms with Crippen molar-refractivity contribution >= 4 is 35.5 Å². The molecule has 3 aliphatic heterocycles. The topological polar surface area (TPSA) is 137 Å². The van der Waals surface area contributed by atoms with Crippen molar-refractivity contribution in [3.63, 3.8) is 0 Å². The lowest BCUT2D eigenvalue weighted by molar-refractivity contribution is -0.136. The molecule has 0 bridgehead atoms. The molecular weight excluding hydrogens is 515 g/mol. The van der Waals surface area contributed by atoms with Gasteiger partial charge in [0.1, 0.15) is 11.9 Å². The van der Waals surface area contributed by atoms with E-state index in [9.17, 15) is 19.2 Å². The Balaban J connectivity index is 1.21. The van der Waals surface area contributed by atoms with E-state index in [-0.39, 0.29) is 42.4 Å². The Morgan fingerprint density at radius 2 is 1.88 bits per heavy atom. The molecule has 2 aromatic carbocycles. The van der Waals surface area contributed by atoms with E-state index in [2.05, 4.69) is 20.5 Å². The van der Waals surface area contributed by atoms with Crippen LogP contribution in [-0.4, -0.2) is 64.8 Å². The molecule has 208 valence electrons. The predicted octanol–water partition coefficient (Wildman–Crippen LogP) is 2.35. The normalized spacial score (nSPS) is 20.5. The number of carbonyl (C=O) groups is 4. The lowest BCUT2D eigenvalue weighted by Gasteiger charge is -2.30. The first kappa shape index (κ1) is 27.2. The number of fused-ring (bicyclic) bond motifs is 1. The van der Waals surface area contributed by atoms with Crippen LogP contribution in [0.4, 0.5) is 10.1 Å². The zero-order valence-corrected chi connectivity index (χ0v) is 21.9.